The molecule has 0 spiro atoms. The first-order chi connectivity index (χ1) is 10.2. The Morgan fingerprint density at radius 1 is 1.36 bits per heavy atom. The maximum absolute atomic E-state index is 10.6. The van der Waals surface area contributed by atoms with Gasteiger partial charge in [-0.25, -0.2) is 0 Å². The van der Waals surface area contributed by atoms with Crippen LogP contribution in [0.4, 0.5) is 0 Å². The molecule has 2 fully saturated rings. The molecule has 2 nitrogen and oxygen atoms in total. The maximum Gasteiger partial charge on any atom is 0.142 e. The Kier molecular flexibility index (Phi) is 5.01. The molecule has 2 heteroatoms. The van der Waals surface area contributed by atoms with E-state index in [1.807, 2.05) is 6.92 Å². The second-order valence-electron chi connectivity index (χ2n) is 8.55. The van der Waals surface area contributed by atoms with Gasteiger partial charge < -0.3 is 5.11 Å². The van der Waals surface area contributed by atoms with Crippen molar-refractivity contribution in [1.29, 1.82) is 0 Å². The van der Waals surface area contributed by atoms with Crippen LogP contribution in [0.2, 0.25) is 0 Å². The molecule has 0 unspecified atom stereocenters. The minimum Gasteiger partial charge on any atom is -0.393 e. The van der Waals surface area contributed by atoms with E-state index >= 15 is 0 Å². The first-order valence-corrected chi connectivity index (χ1v) is 8.67. The Labute approximate surface area is 135 Å². The SMILES string of the molecule is C=C1CC[C@@H]2C(C)(C)C[C@@H](O)C[C@@]2(C)[C@H]1CC/C(C)=C\C=O. The third-order valence-electron chi connectivity index (χ3n) is 6.40. The number of hydrogen-bond acceptors (Lipinski definition) is 2. The van der Waals surface area contributed by atoms with E-state index in [2.05, 4.69) is 27.4 Å². The summed E-state index contributed by atoms with van der Waals surface area (Å²) in [5.74, 6) is 1.10. The Balaban J connectivity index is 2.24. The topological polar surface area (TPSA) is 37.3 Å². The molecule has 0 amide bonds. The van der Waals surface area contributed by atoms with Gasteiger partial charge in [0.05, 0.1) is 6.10 Å². The molecule has 2 aliphatic carbocycles. The molecule has 2 saturated carbocycles. The predicted molar refractivity (Wildman–Crippen MR) is 91.5 cm³/mol. The molecule has 0 aromatic rings. The van der Waals surface area contributed by atoms with Gasteiger partial charge in [-0.05, 0) is 74.2 Å². The number of fused-ring (bicyclic) bond motifs is 1. The normalized spacial score (nSPS) is 38.5. The third-order valence-corrected chi connectivity index (χ3v) is 6.40. The molecule has 0 aromatic carbocycles. The fourth-order valence-corrected chi connectivity index (χ4v) is 5.55. The van der Waals surface area contributed by atoms with Crippen molar-refractivity contribution in [2.45, 2.75) is 72.3 Å². The highest BCUT2D eigenvalue weighted by Gasteiger charge is 2.54. The molecule has 0 aliphatic heterocycles. The number of aliphatic hydroxyl groups is 1. The average molecular weight is 304 g/mol. The van der Waals surface area contributed by atoms with Crippen molar-refractivity contribution in [2.24, 2.45) is 22.7 Å². The fourth-order valence-electron chi connectivity index (χ4n) is 5.55. The van der Waals surface area contributed by atoms with Gasteiger partial charge in [-0.3, -0.25) is 4.79 Å². The average Bonchev–Trinajstić information content (AvgIpc) is 2.35. The van der Waals surface area contributed by atoms with Gasteiger partial charge in [0, 0.05) is 0 Å². The minimum absolute atomic E-state index is 0.137. The Bertz CT molecular complexity index is 474. The van der Waals surface area contributed by atoms with Crippen LogP contribution >= 0.6 is 0 Å². The van der Waals surface area contributed by atoms with Gasteiger partial charge in [0.25, 0.3) is 0 Å². The van der Waals surface area contributed by atoms with Gasteiger partial charge in [-0.15, -0.1) is 0 Å². The van der Waals surface area contributed by atoms with Crippen molar-refractivity contribution in [3.8, 4) is 0 Å². The molecule has 1 N–H and O–H groups in total. The molecular weight excluding hydrogens is 272 g/mol. The summed E-state index contributed by atoms with van der Waals surface area (Å²) in [6, 6.07) is 0. The number of carbonyl (C=O) groups excluding carboxylic acids is 1. The standard InChI is InChI=1S/C20H32O2/c1-14(10-11-21)6-8-17-15(2)7-9-18-19(3,4)12-16(22)13-20(17,18)5/h10-11,16-18,22H,2,6-9,12-13H2,1,3-5H3/b14-10-/t16-,17+,18-,20+/m1/s1. The van der Waals surface area contributed by atoms with E-state index in [1.54, 1.807) is 6.08 Å². The second kappa shape index (κ2) is 6.31. The first-order valence-electron chi connectivity index (χ1n) is 8.67. The lowest BCUT2D eigenvalue weighted by Gasteiger charge is -2.59. The lowest BCUT2D eigenvalue weighted by molar-refractivity contribution is -0.105. The number of rotatable bonds is 4. The number of aliphatic hydroxyl groups excluding tert-OH is 1. The smallest absolute Gasteiger partial charge is 0.142 e. The molecule has 2 rings (SSSR count). The van der Waals surface area contributed by atoms with Gasteiger partial charge >= 0.3 is 0 Å². The van der Waals surface area contributed by atoms with Gasteiger partial charge in [-0.2, -0.15) is 0 Å². The molecule has 0 aromatic heterocycles. The third kappa shape index (κ3) is 3.22. The van der Waals surface area contributed by atoms with Crippen molar-refractivity contribution in [3.63, 3.8) is 0 Å². The van der Waals surface area contributed by atoms with E-state index in [0.29, 0.717) is 11.8 Å². The van der Waals surface area contributed by atoms with E-state index in [-0.39, 0.29) is 16.9 Å². The zero-order valence-corrected chi connectivity index (χ0v) is 14.7. The van der Waals surface area contributed by atoms with E-state index in [9.17, 15) is 9.90 Å². The van der Waals surface area contributed by atoms with Gasteiger partial charge in [0.15, 0.2) is 0 Å². The van der Waals surface area contributed by atoms with Gasteiger partial charge in [-0.1, -0.05) is 38.5 Å². The van der Waals surface area contributed by atoms with Crippen LogP contribution in [0.25, 0.3) is 0 Å². The van der Waals surface area contributed by atoms with Crippen LogP contribution in [0.5, 0.6) is 0 Å². The maximum atomic E-state index is 10.6. The monoisotopic (exact) mass is 304 g/mol. The molecule has 0 bridgehead atoms. The number of aldehydes is 1. The Morgan fingerprint density at radius 3 is 2.68 bits per heavy atom. The number of hydrogen-bond donors (Lipinski definition) is 1. The summed E-state index contributed by atoms with van der Waals surface area (Å²) in [5, 5.41) is 10.4. The predicted octanol–water partition coefficient (Wildman–Crippen LogP) is 4.68. The lowest BCUT2D eigenvalue weighted by Crippen LogP contribution is -2.53. The van der Waals surface area contributed by atoms with E-state index in [0.717, 1.165) is 44.0 Å². The zero-order chi connectivity index (χ0) is 16.5. The summed E-state index contributed by atoms with van der Waals surface area (Å²) in [6.07, 6.45) is 8.46. The van der Waals surface area contributed by atoms with Crippen molar-refractivity contribution in [1.82, 2.24) is 0 Å². The van der Waals surface area contributed by atoms with Crippen molar-refractivity contribution in [2.75, 3.05) is 0 Å². The molecule has 22 heavy (non-hydrogen) atoms. The van der Waals surface area contributed by atoms with Crippen LogP contribution in [-0.2, 0) is 4.79 Å². The quantitative estimate of drug-likeness (QED) is 0.465. The number of allylic oxidation sites excluding steroid dienone is 3. The molecule has 0 radical (unpaired) electrons. The summed E-state index contributed by atoms with van der Waals surface area (Å²) < 4.78 is 0. The highest BCUT2D eigenvalue weighted by atomic mass is 16.3. The van der Waals surface area contributed by atoms with Crippen LogP contribution in [0.3, 0.4) is 0 Å². The van der Waals surface area contributed by atoms with Crippen LogP contribution in [0, 0.1) is 22.7 Å². The van der Waals surface area contributed by atoms with E-state index in [1.165, 1.54) is 12.0 Å². The zero-order valence-electron chi connectivity index (χ0n) is 14.7. The van der Waals surface area contributed by atoms with E-state index < -0.39 is 0 Å². The van der Waals surface area contributed by atoms with Crippen molar-refractivity contribution >= 4 is 6.29 Å². The molecular formula is C20H32O2. The molecule has 4 atom stereocenters. The summed E-state index contributed by atoms with van der Waals surface area (Å²) in [7, 11) is 0. The highest BCUT2D eigenvalue weighted by Crippen LogP contribution is 2.61. The largest absolute Gasteiger partial charge is 0.393 e. The van der Waals surface area contributed by atoms with Gasteiger partial charge in [0.2, 0.25) is 0 Å². The summed E-state index contributed by atoms with van der Waals surface area (Å²) >= 11 is 0. The summed E-state index contributed by atoms with van der Waals surface area (Å²) in [4.78, 5) is 10.6. The Morgan fingerprint density at radius 2 is 2.05 bits per heavy atom. The summed E-state index contributed by atoms with van der Waals surface area (Å²) in [5.41, 5.74) is 2.82. The van der Waals surface area contributed by atoms with Crippen LogP contribution in [0.15, 0.2) is 23.8 Å². The Hall–Kier alpha value is -0.890. The summed E-state index contributed by atoms with van der Waals surface area (Å²) in [6.45, 7) is 13.4. The minimum atomic E-state index is -0.198. The van der Waals surface area contributed by atoms with Crippen LogP contribution < -0.4 is 0 Å². The van der Waals surface area contributed by atoms with Crippen LogP contribution in [0.1, 0.15) is 66.2 Å². The number of carbonyl (C=O) groups is 1. The van der Waals surface area contributed by atoms with Crippen molar-refractivity contribution < 1.29 is 9.90 Å². The molecule has 2 aliphatic rings. The van der Waals surface area contributed by atoms with Crippen LogP contribution in [-0.4, -0.2) is 17.5 Å². The second-order valence-corrected chi connectivity index (χ2v) is 8.55. The molecule has 0 heterocycles. The van der Waals surface area contributed by atoms with Crippen molar-refractivity contribution in [3.05, 3.63) is 23.8 Å². The lowest BCUT2D eigenvalue weighted by atomic mass is 9.46. The molecule has 124 valence electrons. The molecule has 0 saturated heterocycles. The highest BCUT2D eigenvalue weighted by molar-refractivity contribution is 5.65. The fraction of sp³-hybridized carbons (Fsp3) is 0.750. The van der Waals surface area contributed by atoms with Gasteiger partial charge in [0.1, 0.15) is 6.29 Å². The van der Waals surface area contributed by atoms with E-state index in [4.69, 9.17) is 0 Å². The first kappa shape index (κ1) is 17.5.